The molecule has 112 valence electrons. The lowest BCUT2D eigenvalue weighted by Gasteiger charge is -2.38. The molecule has 0 aromatic heterocycles. The van der Waals surface area contributed by atoms with Gasteiger partial charge < -0.3 is 9.53 Å². The van der Waals surface area contributed by atoms with Gasteiger partial charge in [-0.15, -0.1) is 0 Å². The molecule has 1 aromatic carbocycles. The number of thioether (sulfide) groups is 1. The maximum Gasteiger partial charge on any atom is 0.336 e. The molecular formula is C15H24O3SSi. The fourth-order valence-electron chi connectivity index (χ4n) is 1.54. The minimum Gasteiger partial charge on any atom is -0.478 e. The van der Waals surface area contributed by atoms with E-state index in [4.69, 9.17) is 4.43 Å². The average molecular weight is 313 g/mol. The minimum atomic E-state index is -1.83. The summed E-state index contributed by atoms with van der Waals surface area (Å²) >= 11 is 1.47. The van der Waals surface area contributed by atoms with E-state index in [2.05, 4.69) is 33.9 Å². The molecule has 0 saturated carbocycles. The van der Waals surface area contributed by atoms with E-state index in [1.54, 1.807) is 12.1 Å². The molecule has 1 aromatic rings. The third kappa shape index (κ3) is 4.36. The van der Waals surface area contributed by atoms with E-state index < -0.39 is 14.3 Å². The Kier molecular flexibility index (Phi) is 5.46. The van der Waals surface area contributed by atoms with Gasteiger partial charge in [0, 0.05) is 4.90 Å². The second-order valence-corrected chi connectivity index (χ2v) is 12.5. The van der Waals surface area contributed by atoms with Crippen LogP contribution in [0.25, 0.3) is 0 Å². The molecule has 0 aliphatic rings. The monoisotopic (exact) mass is 312 g/mol. The van der Waals surface area contributed by atoms with Crippen molar-refractivity contribution in [2.45, 2.75) is 56.2 Å². The Hall–Kier alpha value is -0.783. The summed E-state index contributed by atoms with van der Waals surface area (Å²) in [6.45, 7) is 13.0. The van der Waals surface area contributed by atoms with Crippen LogP contribution in [0.15, 0.2) is 29.2 Å². The van der Waals surface area contributed by atoms with Crippen molar-refractivity contribution in [1.82, 2.24) is 0 Å². The normalized spacial score (nSPS) is 14.1. The van der Waals surface area contributed by atoms with Crippen molar-refractivity contribution >= 4 is 26.0 Å². The first-order chi connectivity index (χ1) is 9.04. The highest BCUT2D eigenvalue weighted by molar-refractivity contribution is 7.99. The molecule has 20 heavy (non-hydrogen) atoms. The van der Waals surface area contributed by atoms with Crippen LogP contribution >= 0.6 is 11.8 Å². The molecule has 1 rings (SSSR count). The summed E-state index contributed by atoms with van der Waals surface area (Å²) in [5.41, 5.74) is 0.277. The quantitative estimate of drug-likeness (QED) is 0.480. The molecule has 0 saturated heterocycles. The van der Waals surface area contributed by atoms with Crippen LogP contribution in [0.1, 0.15) is 38.1 Å². The SMILES string of the molecule is CC(O[Si](C)(C)C(C)(C)C)Sc1ccccc1C(=O)O. The number of carbonyl (C=O) groups is 1. The fourth-order valence-corrected chi connectivity index (χ4v) is 4.44. The van der Waals surface area contributed by atoms with Crippen LogP contribution in [0.3, 0.4) is 0 Å². The molecule has 0 radical (unpaired) electrons. The molecule has 0 heterocycles. The van der Waals surface area contributed by atoms with Gasteiger partial charge in [0.1, 0.15) is 0 Å². The zero-order chi connectivity index (χ0) is 15.6. The molecule has 1 N–H and O–H groups in total. The Morgan fingerprint density at radius 1 is 1.30 bits per heavy atom. The summed E-state index contributed by atoms with van der Waals surface area (Å²) in [4.78, 5) is 12.0. The second-order valence-electron chi connectivity index (χ2n) is 6.36. The van der Waals surface area contributed by atoms with Gasteiger partial charge in [0.15, 0.2) is 8.32 Å². The third-order valence-corrected chi connectivity index (χ3v) is 9.44. The molecule has 1 unspecified atom stereocenters. The van der Waals surface area contributed by atoms with E-state index in [1.165, 1.54) is 11.8 Å². The number of benzene rings is 1. The Bertz CT molecular complexity index is 480. The lowest BCUT2D eigenvalue weighted by Crippen LogP contribution is -2.42. The first-order valence-corrected chi connectivity index (χ1v) is 10.5. The summed E-state index contributed by atoms with van der Waals surface area (Å²) < 4.78 is 6.25. The van der Waals surface area contributed by atoms with Gasteiger partial charge in [0.2, 0.25) is 0 Å². The molecule has 1 atom stereocenters. The van der Waals surface area contributed by atoms with Crippen molar-refractivity contribution in [3.8, 4) is 0 Å². The molecule has 0 aliphatic carbocycles. The maximum atomic E-state index is 11.2. The molecule has 0 amide bonds. The van der Waals surface area contributed by atoms with E-state index in [0.29, 0.717) is 5.56 Å². The third-order valence-electron chi connectivity index (χ3n) is 3.68. The molecule has 3 nitrogen and oxygen atoms in total. The van der Waals surface area contributed by atoms with Crippen LogP contribution in [-0.2, 0) is 4.43 Å². The number of hydrogen-bond donors (Lipinski definition) is 1. The lowest BCUT2D eigenvalue weighted by atomic mass is 10.2. The zero-order valence-electron chi connectivity index (χ0n) is 13.1. The summed E-state index contributed by atoms with van der Waals surface area (Å²) in [7, 11) is -1.83. The van der Waals surface area contributed by atoms with Gasteiger partial charge in [-0.1, -0.05) is 44.7 Å². The predicted octanol–water partition coefficient (Wildman–Crippen LogP) is 4.84. The Balaban J connectivity index is 2.82. The first-order valence-electron chi connectivity index (χ1n) is 6.71. The number of rotatable bonds is 5. The van der Waals surface area contributed by atoms with Gasteiger partial charge in [-0.2, -0.15) is 0 Å². The topological polar surface area (TPSA) is 46.5 Å². The molecule has 0 bridgehead atoms. The van der Waals surface area contributed by atoms with Gasteiger partial charge in [0.25, 0.3) is 0 Å². The first kappa shape index (κ1) is 17.3. The summed E-state index contributed by atoms with van der Waals surface area (Å²) in [5, 5.41) is 9.34. The highest BCUT2D eigenvalue weighted by Gasteiger charge is 2.38. The summed E-state index contributed by atoms with van der Waals surface area (Å²) in [5.74, 6) is -0.896. The van der Waals surface area contributed by atoms with Crippen LogP contribution in [0.5, 0.6) is 0 Å². The Morgan fingerprint density at radius 3 is 2.35 bits per heavy atom. The van der Waals surface area contributed by atoms with Gasteiger partial charge in [-0.3, -0.25) is 0 Å². The molecule has 5 heteroatoms. The van der Waals surface area contributed by atoms with E-state index >= 15 is 0 Å². The van der Waals surface area contributed by atoms with Crippen LogP contribution < -0.4 is 0 Å². The van der Waals surface area contributed by atoms with Crippen LogP contribution in [-0.4, -0.2) is 24.8 Å². The van der Waals surface area contributed by atoms with E-state index in [0.717, 1.165) is 4.90 Å². The smallest absolute Gasteiger partial charge is 0.336 e. The fraction of sp³-hybridized carbons (Fsp3) is 0.533. The maximum absolute atomic E-state index is 11.2. The Morgan fingerprint density at radius 2 is 1.85 bits per heavy atom. The number of hydrogen-bond acceptors (Lipinski definition) is 3. The van der Waals surface area contributed by atoms with Gasteiger partial charge in [-0.25, -0.2) is 4.79 Å². The van der Waals surface area contributed by atoms with Crippen molar-refractivity contribution in [2.24, 2.45) is 0 Å². The highest BCUT2D eigenvalue weighted by atomic mass is 32.2. The average Bonchev–Trinajstić information content (AvgIpc) is 2.26. The lowest BCUT2D eigenvalue weighted by molar-refractivity contribution is 0.0693. The van der Waals surface area contributed by atoms with E-state index in [-0.39, 0.29) is 10.5 Å². The Labute approximate surface area is 126 Å². The molecule has 0 aliphatic heterocycles. The van der Waals surface area contributed by atoms with Crippen LogP contribution in [0.4, 0.5) is 0 Å². The van der Waals surface area contributed by atoms with Gasteiger partial charge >= 0.3 is 5.97 Å². The van der Waals surface area contributed by atoms with Crippen LogP contribution in [0, 0.1) is 0 Å². The summed E-state index contributed by atoms with van der Waals surface area (Å²) in [6, 6.07) is 7.06. The predicted molar refractivity (Wildman–Crippen MR) is 87.0 cm³/mol. The van der Waals surface area contributed by atoms with Crippen molar-refractivity contribution in [3.63, 3.8) is 0 Å². The van der Waals surface area contributed by atoms with Gasteiger partial charge in [0.05, 0.1) is 11.0 Å². The highest BCUT2D eigenvalue weighted by Crippen LogP contribution is 2.39. The van der Waals surface area contributed by atoms with E-state index in [9.17, 15) is 9.90 Å². The number of carboxylic acid groups (broad SMARTS) is 1. The minimum absolute atomic E-state index is 0.0589. The molecule has 0 fully saturated rings. The van der Waals surface area contributed by atoms with E-state index in [1.807, 2.05) is 19.1 Å². The van der Waals surface area contributed by atoms with Crippen molar-refractivity contribution < 1.29 is 14.3 Å². The standard InChI is InChI=1S/C15H24O3SSi/c1-11(18-20(5,6)15(2,3)4)19-13-10-8-7-9-12(13)14(16)17/h7-11H,1-6H3,(H,16,17). The molecular weight excluding hydrogens is 288 g/mol. The largest absolute Gasteiger partial charge is 0.478 e. The number of carboxylic acids is 1. The van der Waals surface area contributed by atoms with Crippen molar-refractivity contribution in [2.75, 3.05) is 0 Å². The van der Waals surface area contributed by atoms with Crippen molar-refractivity contribution in [1.29, 1.82) is 0 Å². The van der Waals surface area contributed by atoms with Gasteiger partial charge in [-0.05, 0) is 37.2 Å². The zero-order valence-corrected chi connectivity index (χ0v) is 14.9. The molecule has 0 spiro atoms. The van der Waals surface area contributed by atoms with Crippen molar-refractivity contribution in [3.05, 3.63) is 29.8 Å². The second kappa shape index (κ2) is 6.33. The summed E-state index contributed by atoms with van der Waals surface area (Å²) in [6.07, 6.45) is 0. The number of aromatic carboxylic acids is 1. The van der Waals surface area contributed by atoms with Crippen LogP contribution in [0.2, 0.25) is 18.1 Å².